The smallest absolute Gasteiger partial charge is 0.330 e. The summed E-state index contributed by atoms with van der Waals surface area (Å²) in [6.45, 7) is 1.66. The number of carbonyl (C=O) groups excluding carboxylic acids is 1. The maximum absolute atomic E-state index is 13.4. The number of benzene rings is 2. The molecule has 0 fully saturated rings. The van der Waals surface area contributed by atoms with Gasteiger partial charge in [0.15, 0.2) is 6.04 Å². The van der Waals surface area contributed by atoms with Gasteiger partial charge in [0, 0.05) is 5.56 Å². The van der Waals surface area contributed by atoms with Gasteiger partial charge in [0.05, 0.1) is 5.69 Å². The summed E-state index contributed by atoms with van der Waals surface area (Å²) >= 11 is 1.10. The third-order valence-electron chi connectivity index (χ3n) is 3.73. The van der Waals surface area contributed by atoms with Crippen molar-refractivity contribution in [3.63, 3.8) is 0 Å². The van der Waals surface area contributed by atoms with Crippen molar-refractivity contribution < 1.29 is 19.1 Å². The van der Waals surface area contributed by atoms with E-state index in [1.807, 2.05) is 0 Å². The second-order valence-corrected chi connectivity index (χ2v) is 6.60. The minimum absolute atomic E-state index is 0.298. The van der Waals surface area contributed by atoms with E-state index in [1.165, 1.54) is 12.1 Å². The Hall–Kier alpha value is -3.06. The molecule has 3 rings (SSSR count). The molecule has 3 aromatic rings. The molecule has 7 heteroatoms. The number of nitrogens with one attached hydrogen (secondary N) is 1. The van der Waals surface area contributed by atoms with Crippen molar-refractivity contribution >= 4 is 23.2 Å². The molecule has 0 saturated carbocycles. The predicted octanol–water partition coefficient (Wildman–Crippen LogP) is 3.81. The number of carbonyl (C=O) groups is 2. The van der Waals surface area contributed by atoms with Crippen LogP contribution in [0.25, 0.3) is 10.6 Å². The van der Waals surface area contributed by atoms with E-state index in [0.717, 1.165) is 11.3 Å². The fourth-order valence-corrected chi connectivity index (χ4v) is 3.45. The molecule has 26 heavy (non-hydrogen) atoms. The second-order valence-electron chi connectivity index (χ2n) is 5.60. The van der Waals surface area contributed by atoms with Crippen LogP contribution in [-0.4, -0.2) is 22.0 Å². The zero-order valence-electron chi connectivity index (χ0n) is 13.8. The molecular formula is C19H15FN2O3S. The van der Waals surface area contributed by atoms with E-state index < -0.39 is 23.7 Å². The number of amides is 1. The van der Waals surface area contributed by atoms with Crippen LogP contribution in [0.4, 0.5) is 4.39 Å². The Balaban J connectivity index is 1.87. The number of hydrogen-bond acceptors (Lipinski definition) is 4. The van der Waals surface area contributed by atoms with Gasteiger partial charge in [-0.25, -0.2) is 14.2 Å². The van der Waals surface area contributed by atoms with Gasteiger partial charge in [0.2, 0.25) is 0 Å². The van der Waals surface area contributed by atoms with Crippen LogP contribution in [0.3, 0.4) is 0 Å². The topological polar surface area (TPSA) is 79.3 Å². The zero-order valence-corrected chi connectivity index (χ0v) is 14.6. The van der Waals surface area contributed by atoms with Crippen molar-refractivity contribution in [2.45, 2.75) is 13.0 Å². The third-order valence-corrected chi connectivity index (χ3v) is 4.93. The van der Waals surface area contributed by atoms with E-state index in [0.29, 0.717) is 26.7 Å². The molecule has 0 aliphatic carbocycles. The third kappa shape index (κ3) is 3.78. The van der Waals surface area contributed by atoms with E-state index in [9.17, 15) is 19.1 Å². The first-order valence-electron chi connectivity index (χ1n) is 7.77. The van der Waals surface area contributed by atoms with Crippen molar-refractivity contribution in [3.8, 4) is 10.6 Å². The van der Waals surface area contributed by atoms with Gasteiger partial charge < -0.3 is 10.4 Å². The van der Waals surface area contributed by atoms with Crippen molar-refractivity contribution in [1.82, 2.24) is 10.3 Å². The van der Waals surface area contributed by atoms with E-state index >= 15 is 0 Å². The number of hydrogen-bond donors (Lipinski definition) is 2. The lowest BCUT2D eigenvalue weighted by Crippen LogP contribution is -2.33. The summed E-state index contributed by atoms with van der Waals surface area (Å²) in [5.74, 6) is -2.08. The molecule has 0 aliphatic heterocycles. The van der Waals surface area contributed by atoms with Crippen LogP contribution in [0.1, 0.15) is 27.0 Å². The fraction of sp³-hybridized carbons (Fsp3) is 0.105. The Morgan fingerprint density at radius 2 is 1.88 bits per heavy atom. The molecule has 0 bridgehead atoms. The molecule has 1 atom stereocenters. The number of aliphatic carboxylic acids is 1. The highest BCUT2D eigenvalue weighted by Crippen LogP contribution is 2.28. The molecule has 1 unspecified atom stereocenters. The van der Waals surface area contributed by atoms with Crippen LogP contribution in [0, 0.1) is 12.7 Å². The van der Waals surface area contributed by atoms with Crippen LogP contribution >= 0.6 is 11.3 Å². The quantitative estimate of drug-likeness (QED) is 0.716. The molecule has 5 nitrogen and oxygen atoms in total. The zero-order chi connectivity index (χ0) is 18.7. The first-order valence-corrected chi connectivity index (χ1v) is 8.59. The van der Waals surface area contributed by atoms with Gasteiger partial charge in [0.25, 0.3) is 5.91 Å². The number of nitrogens with zero attached hydrogens (tertiary/aromatic N) is 1. The minimum Gasteiger partial charge on any atom is -0.479 e. The summed E-state index contributed by atoms with van der Waals surface area (Å²) in [6, 6.07) is 13.2. The number of aromatic nitrogens is 1. The normalized spacial score (nSPS) is 11.8. The maximum atomic E-state index is 13.4. The number of carboxylic acid groups (broad SMARTS) is 1. The number of aryl methyl sites for hydroxylation is 1. The summed E-state index contributed by atoms with van der Waals surface area (Å²) < 4.78 is 13.4. The summed E-state index contributed by atoms with van der Waals surface area (Å²) in [7, 11) is 0. The Labute approximate surface area is 153 Å². The highest BCUT2D eigenvalue weighted by Gasteiger charge is 2.25. The highest BCUT2D eigenvalue weighted by molar-refractivity contribution is 7.17. The van der Waals surface area contributed by atoms with Gasteiger partial charge in [0.1, 0.15) is 15.7 Å². The molecule has 1 amide bonds. The summed E-state index contributed by atoms with van der Waals surface area (Å²) in [5.41, 5.74) is 1.50. The number of carboxylic acids is 1. The SMILES string of the molecule is Cc1nc(-c2cccc(F)c2)sc1C(=O)NC(C(=O)O)c1ccccc1. The van der Waals surface area contributed by atoms with Crippen LogP contribution < -0.4 is 5.32 Å². The van der Waals surface area contributed by atoms with Gasteiger partial charge in [-0.15, -0.1) is 11.3 Å². The van der Waals surface area contributed by atoms with Crippen molar-refractivity contribution in [1.29, 1.82) is 0 Å². The van der Waals surface area contributed by atoms with Gasteiger partial charge in [-0.1, -0.05) is 42.5 Å². The van der Waals surface area contributed by atoms with Crippen LogP contribution in [0.2, 0.25) is 0 Å². The Morgan fingerprint density at radius 3 is 2.54 bits per heavy atom. The standard InChI is InChI=1S/C19H15FN2O3S/c1-11-16(26-18(21-11)13-8-5-9-14(20)10-13)17(23)22-15(19(24)25)12-6-3-2-4-7-12/h2-10,15H,1H3,(H,22,23)(H,24,25). The first-order chi connectivity index (χ1) is 12.5. The molecule has 0 aliphatic rings. The van der Waals surface area contributed by atoms with E-state index in [4.69, 9.17) is 0 Å². The lowest BCUT2D eigenvalue weighted by molar-refractivity contribution is -0.139. The number of thiazole rings is 1. The van der Waals surface area contributed by atoms with Gasteiger partial charge in [-0.2, -0.15) is 0 Å². The first kappa shape index (κ1) is 17.8. The Bertz CT molecular complexity index is 956. The largest absolute Gasteiger partial charge is 0.479 e. The lowest BCUT2D eigenvalue weighted by atomic mass is 10.1. The molecule has 2 aromatic carbocycles. The average molecular weight is 370 g/mol. The van der Waals surface area contributed by atoms with E-state index in [-0.39, 0.29) is 0 Å². The monoisotopic (exact) mass is 370 g/mol. The summed E-state index contributed by atoms with van der Waals surface area (Å²) in [5, 5.41) is 12.5. The van der Waals surface area contributed by atoms with Crippen molar-refractivity contribution in [2.24, 2.45) is 0 Å². The molecule has 0 radical (unpaired) electrons. The lowest BCUT2D eigenvalue weighted by Gasteiger charge is -2.14. The van der Waals surface area contributed by atoms with E-state index in [2.05, 4.69) is 10.3 Å². The van der Waals surface area contributed by atoms with Crippen molar-refractivity contribution in [3.05, 3.63) is 76.5 Å². The van der Waals surface area contributed by atoms with Gasteiger partial charge >= 0.3 is 5.97 Å². The summed E-state index contributed by atoms with van der Waals surface area (Å²) in [4.78, 5) is 28.7. The second kappa shape index (κ2) is 7.45. The summed E-state index contributed by atoms with van der Waals surface area (Å²) in [6.07, 6.45) is 0. The van der Waals surface area contributed by atoms with Crippen LogP contribution in [-0.2, 0) is 4.79 Å². The van der Waals surface area contributed by atoms with Crippen LogP contribution in [0.15, 0.2) is 54.6 Å². The van der Waals surface area contributed by atoms with Crippen molar-refractivity contribution in [2.75, 3.05) is 0 Å². The predicted molar refractivity (Wildman–Crippen MR) is 96.5 cm³/mol. The van der Waals surface area contributed by atoms with Gasteiger partial charge in [-0.3, -0.25) is 4.79 Å². The average Bonchev–Trinajstić information content (AvgIpc) is 3.02. The minimum atomic E-state index is -1.16. The Kier molecular flexibility index (Phi) is 5.09. The molecule has 0 spiro atoms. The molecule has 1 aromatic heterocycles. The Morgan fingerprint density at radius 1 is 1.15 bits per heavy atom. The molecule has 132 valence electrons. The molecule has 2 N–H and O–H groups in total. The molecule has 0 saturated heterocycles. The van der Waals surface area contributed by atoms with Gasteiger partial charge in [-0.05, 0) is 24.6 Å². The van der Waals surface area contributed by atoms with Crippen LogP contribution in [0.5, 0.6) is 0 Å². The highest BCUT2D eigenvalue weighted by atomic mass is 32.1. The van der Waals surface area contributed by atoms with E-state index in [1.54, 1.807) is 49.4 Å². The maximum Gasteiger partial charge on any atom is 0.330 e. The fourth-order valence-electron chi connectivity index (χ4n) is 2.48. The number of halogens is 1. The molecular weight excluding hydrogens is 355 g/mol. The molecule has 1 heterocycles. The number of rotatable bonds is 5.